The first-order valence-corrected chi connectivity index (χ1v) is 8.13. The number of para-hydroxylation sites is 1. The fraction of sp³-hybridized carbons (Fsp3) is 0.250. The summed E-state index contributed by atoms with van der Waals surface area (Å²) in [4.78, 5) is 6.75. The molecule has 1 heterocycles. The molecule has 0 bridgehead atoms. The monoisotopic (exact) mass is 324 g/mol. The highest BCUT2D eigenvalue weighted by molar-refractivity contribution is 6.33. The molecule has 0 spiro atoms. The first-order valence-electron chi connectivity index (χ1n) is 7.75. The van der Waals surface area contributed by atoms with Crippen LogP contribution in [0.1, 0.15) is 25.0 Å². The summed E-state index contributed by atoms with van der Waals surface area (Å²) in [6, 6.07) is 14.4. The molecule has 0 radical (unpaired) electrons. The van der Waals surface area contributed by atoms with E-state index in [2.05, 4.69) is 61.1 Å². The van der Waals surface area contributed by atoms with Crippen LogP contribution in [-0.2, 0) is 5.41 Å². The van der Waals surface area contributed by atoms with Crippen molar-refractivity contribution in [1.29, 1.82) is 0 Å². The SMILES string of the molecule is Cc1ccc(N=C/C=C2\N(C)c3ccccc3C2(C)C)c(Cl)c1. The average Bonchev–Trinajstić information content (AvgIpc) is 2.70. The fourth-order valence-corrected chi connectivity index (χ4v) is 3.49. The summed E-state index contributed by atoms with van der Waals surface area (Å²) >= 11 is 6.24. The Labute approximate surface area is 143 Å². The van der Waals surface area contributed by atoms with Gasteiger partial charge >= 0.3 is 0 Å². The molecule has 0 aromatic heterocycles. The Balaban J connectivity index is 1.93. The smallest absolute Gasteiger partial charge is 0.0816 e. The normalized spacial score (nSPS) is 18.0. The predicted octanol–water partition coefficient (Wildman–Crippen LogP) is 5.66. The number of allylic oxidation sites excluding steroid dienone is 2. The van der Waals surface area contributed by atoms with Crippen LogP contribution in [0.5, 0.6) is 0 Å². The molecule has 0 saturated carbocycles. The minimum atomic E-state index is -0.0333. The van der Waals surface area contributed by atoms with Crippen LogP contribution in [0.25, 0.3) is 0 Å². The molecule has 0 N–H and O–H groups in total. The van der Waals surface area contributed by atoms with Crippen molar-refractivity contribution in [2.24, 2.45) is 4.99 Å². The van der Waals surface area contributed by atoms with Gasteiger partial charge in [0.15, 0.2) is 0 Å². The predicted molar refractivity (Wildman–Crippen MR) is 100 cm³/mol. The molecule has 23 heavy (non-hydrogen) atoms. The lowest BCUT2D eigenvalue weighted by Gasteiger charge is -2.23. The van der Waals surface area contributed by atoms with Gasteiger partial charge in [0.2, 0.25) is 0 Å². The molecule has 0 aliphatic carbocycles. The molecule has 1 aliphatic rings. The van der Waals surface area contributed by atoms with Crippen LogP contribution in [0.4, 0.5) is 11.4 Å². The van der Waals surface area contributed by atoms with Gasteiger partial charge in [-0.1, -0.05) is 49.7 Å². The molecule has 1 aliphatic heterocycles. The summed E-state index contributed by atoms with van der Waals surface area (Å²) in [5, 5.41) is 0.682. The lowest BCUT2D eigenvalue weighted by Crippen LogP contribution is -2.23. The van der Waals surface area contributed by atoms with E-state index in [0.29, 0.717) is 5.02 Å². The van der Waals surface area contributed by atoms with E-state index < -0.39 is 0 Å². The topological polar surface area (TPSA) is 15.6 Å². The Morgan fingerprint density at radius 3 is 2.57 bits per heavy atom. The summed E-state index contributed by atoms with van der Waals surface area (Å²) < 4.78 is 0. The summed E-state index contributed by atoms with van der Waals surface area (Å²) in [7, 11) is 2.10. The maximum atomic E-state index is 6.24. The van der Waals surface area contributed by atoms with E-state index in [1.54, 1.807) is 0 Å². The largest absolute Gasteiger partial charge is 0.347 e. The van der Waals surface area contributed by atoms with E-state index in [0.717, 1.165) is 11.3 Å². The van der Waals surface area contributed by atoms with Crippen molar-refractivity contribution in [1.82, 2.24) is 0 Å². The van der Waals surface area contributed by atoms with Crippen LogP contribution in [0.2, 0.25) is 5.02 Å². The molecule has 118 valence electrons. The van der Waals surface area contributed by atoms with E-state index in [4.69, 9.17) is 11.6 Å². The second kappa shape index (κ2) is 5.86. The fourth-order valence-electron chi connectivity index (χ4n) is 3.21. The second-order valence-corrected chi connectivity index (χ2v) is 6.89. The van der Waals surface area contributed by atoms with Crippen molar-refractivity contribution < 1.29 is 0 Å². The molecule has 2 nitrogen and oxygen atoms in total. The first-order chi connectivity index (χ1) is 10.9. The summed E-state index contributed by atoms with van der Waals surface area (Å²) in [6.07, 6.45) is 3.92. The number of hydrogen-bond donors (Lipinski definition) is 0. The average molecular weight is 325 g/mol. The van der Waals surface area contributed by atoms with Gasteiger partial charge in [0.1, 0.15) is 0 Å². The number of anilines is 1. The van der Waals surface area contributed by atoms with Gasteiger partial charge in [0.05, 0.1) is 10.7 Å². The minimum absolute atomic E-state index is 0.0333. The van der Waals surface area contributed by atoms with Crippen LogP contribution in [0.15, 0.2) is 59.2 Å². The molecule has 3 heteroatoms. The highest BCUT2D eigenvalue weighted by Gasteiger charge is 2.37. The van der Waals surface area contributed by atoms with E-state index in [1.165, 1.54) is 16.9 Å². The highest BCUT2D eigenvalue weighted by Crippen LogP contribution is 2.46. The Bertz CT molecular complexity index is 803. The molecular formula is C20H21ClN2. The maximum Gasteiger partial charge on any atom is 0.0816 e. The number of aryl methyl sites for hydroxylation is 1. The molecule has 0 unspecified atom stereocenters. The van der Waals surface area contributed by atoms with Crippen LogP contribution in [0.3, 0.4) is 0 Å². The van der Waals surface area contributed by atoms with Crippen molar-refractivity contribution in [3.63, 3.8) is 0 Å². The van der Waals surface area contributed by atoms with Gasteiger partial charge < -0.3 is 4.90 Å². The van der Waals surface area contributed by atoms with Crippen molar-refractivity contribution in [2.75, 3.05) is 11.9 Å². The molecular weight excluding hydrogens is 304 g/mol. The summed E-state index contributed by atoms with van der Waals surface area (Å²) in [5.74, 6) is 0. The zero-order chi connectivity index (χ0) is 16.6. The van der Waals surface area contributed by atoms with Crippen molar-refractivity contribution in [2.45, 2.75) is 26.2 Å². The third kappa shape index (κ3) is 2.79. The number of aliphatic imine (C=N–C) groups is 1. The van der Waals surface area contributed by atoms with E-state index >= 15 is 0 Å². The van der Waals surface area contributed by atoms with Crippen LogP contribution < -0.4 is 4.90 Å². The van der Waals surface area contributed by atoms with Crippen LogP contribution in [0, 0.1) is 6.92 Å². The third-order valence-corrected chi connectivity index (χ3v) is 4.79. The Morgan fingerprint density at radius 1 is 1.13 bits per heavy atom. The molecule has 0 amide bonds. The van der Waals surface area contributed by atoms with Gasteiger partial charge in [-0.3, -0.25) is 4.99 Å². The zero-order valence-corrected chi connectivity index (χ0v) is 14.7. The van der Waals surface area contributed by atoms with E-state index in [-0.39, 0.29) is 5.41 Å². The van der Waals surface area contributed by atoms with Crippen molar-refractivity contribution in [3.05, 3.63) is 70.4 Å². The molecule has 0 fully saturated rings. The minimum Gasteiger partial charge on any atom is -0.347 e. The molecule has 2 aromatic carbocycles. The lowest BCUT2D eigenvalue weighted by atomic mass is 9.84. The number of benzene rings is 2. The summed E-state index contributed by atoms with van der Waals surface area (Å²) in [5.41, 5.74) is 5.73. The Kier molecular flexibility index (Phi) is 4.03. The van der Waals surface area contributed by atoms with E-state index in [1.807, 2.05) is 31.3 Å². The maximum absolute atomic E-state index is 6.24. The number of halogens is 1. The van der Waals surface area contributed by atoms with Crippen molar-refractivity contribution in [3.8, 4) is 0 Å². The number of fused-ring (bicyclic) bond motifs is 1. The van der Waals surface area contributed by atoms with Gasteiger partial charge in [-0.15, -0.1) is 0 Å². The molecule has 0 saturated heterocycles. The first kappa shape index (κ1) is 15.8. The number of hydrogen-bond acceptors (Lipinski definition) is 2. The third-order valence-electron chi connectivity index (χ3n) is 4.49. The van der Waals surface area contributed by atoms with Gasteiger partial charge in [-0.05, 0) is 42.3 Å². The number of rotatable bonds is 2. The van der Waals surface area contributed by atoms with Crippen LogP contribution in [-0.4, -0.2) is 13.3 Å². The Hall–Kier alpha value is -2.06. The second-order valence-electron chi connectivity index (χ2n) is 6.49. The zero-order valence-electron chi connectivity index (χ0n) is 14.0. The quantitative estimate of drug-likeness (QED) is 0.650. The molecule has 3 rings (SSSR count). The number of likely N-dealkylation sites (N-methyl/N-ethyl adjacent to an activating group) is 1. The van der Waals surface area contributed by atoms with Crippen LogP contribution >= 0.6 is 11.6 Å². The molecule has 0 atom stereocenters. The van der Waals surface area contributed by atoms with Crippen molar-refractivity contribution >= 4 is 29.2 Å². The Morgan fingerprint density at radius 2 is 1.87 bits per heavy atom. The standard InChI is InChI=1S/C20H21ClN2/c1-14-9-10-17(16(21)13-14)22-12-11-19-20(2,3)15-7-5-6-8-18(15)23(19)4/h5-13H,1-4H3/b19-11-,22-12?. The summed E-state index contributed by atoms with van der Waals surface area (Å²) in [6.45, 7) is 6.51. The lowest BCUT2D eigenvalue weighted by molar-refractivity contribution is 0.641. The van der Waals surface area contributed by atoms with Gasteiger partial charge in [0.25, 0.3) is 0 Å². The van der Waals surface area contributed by atoms with Gasteiger partial charge in [-0.2, -0.15) is 0 Å². The highest BCUT2D eigenvalue weighted by atomic mass is 35.5. The van der Waals surface area contributed by atoms with E-state index in [9.17, 15) is 0 Å². The number of nitrogens with zero attached hydrogens (tertiary/aromatic N) is 2. The van der Waals surface area contributed by atoms with Gasteiger partial charge in [0, 0.05) is 30.1 Å². The van der Waals surface area contributed by atoms with Gasteiger partial charge in [-0.25, -0.2) is 0 Å². The molecule has 2 aromatic rings.